The van der Waals surface area contributed by atoms with Crippen LogP contribution in [0.15, 0.2) is 97.3 Å². The maximum Gasteiger partial charge on any atom is 0.417 e. The SMILES string of the molecule is CC/C(=C(/c1ccc(/C=C/C(=O)O)cc1)c1ccc2[nH]ncc2c1)c1cccc(Oc2ccc(C(F)(F)F)cn2)c1. The van der Waals surface area contributed by atoms with Crippen LogP contribution in [-0.4, -0.2) is 26.3 Å². The fourth-order valence-electron chi connectivity index (χ4n) is 4.54. The second-order valence-electron chi connectivity index (χ2n) is 9.19. The molecule has 0 aliphatic carbocycles. The van der Waals surface area contributed by atoms with Gasteiger partial charge < -0.3 is 9.84 Å². The third-order valence-electron chi connectivity index (χ3n) is 6.47. The van der Waals surface area contributed by atoms with E-state index >= 15 is 0 Å². The van der Waals surface area contributed by atoms with Crippen molar-refractivity contribution in [1.29, 1.82) is 0 Å². The molecule has 206 valence electrons. The second-order valence-corrected chi connectivity index (χ2v) is 9.19. The number of allylic oxidation sites excluding steroid dienone is 1. The average Bonchev–Trinajstić information content (AvgIpc) is 3.43. The van der Waals surface area contributed by atoms with Crippen LogP contribution in [0.4, 0.5) is 13.2 Å². The Hall–Kier alpha value is -5.18. The van der Waals surface area contributed by atoms with Crippen molar-refractivity contribution in [1.82, 2.24) is 15.2 Å². The molecule has 0 atom stereocenters. The number of carboxylic acid groups (broad SMARTS) is 1. The molecule has 0 bridgehead atoms. The van der Waals surface area contributed by atoms with Crippen LogP contribution in [0.1, 0.15) is 41.2 Å². The highest BCUT2D eigenvalue weighted by Crippen LogP contribution is 2.37. The normalized spacial score (nSPS) is 12.5. The van der Waals surface area contributed by atoms with Gasteiger partial charge in [0.25, 0.3) is 0 Å². The van der Waals surface area contributed by atoms with E-state index in [4.69, 9.17) is 9.84 Å². The van der Waals surface area contributed by atoms with Crippen LogP contribution in [-0.2, 0) is 11.0 Å². The number of nitrogens with zero attached hydrogens (tertiary/aromatic N) is 2. The van der Waals surface area contributed by atoms with E-state index in [0.29, 0.717) is 12.2 Å². The molecule has 0 aliphatic rings. The quantitative estimate of drug-likeness (QED) is 0.149. The van der Waals surface area contributed by atoms with Crippen LogP contribution in [0, 0.1) is 0 Å². The number of fused-ring (bicyclic) bond motifs is 1. The maximum absolute atomic E-state index is 12.9. The van der Waals surface area contributed by atoms with Gasteiger partial charge in [0.1, 0.15) is 5.75 Å². The molecular formula is C32H24F3N3O3. The zero-order valence-electron chi connectivity index (χ0n) is 21.8. The van der Waals surface area contributed by atoms with Gasteiger partial charge in [-0.05, 0) is 76.2 Å². The van der Waals surface area contributed by atoms with Crippen LogP contribution in [0.3, 0.4) is 0 Å². The predicted molar refractivity (Wildman–Crippen MR) is 151 cm³/mol. The molecule has 6 nitrogen and oxygen atoms in total. The van der Waals surface area contributed by atoms with Crippen molar-refractivity contribution in [2.75, 3.05) is 0 Å². The molecule has 2 aromatic heterocycles. The summed E-state index contributed by atoms with van der Waals surface area (Å²) < 4.78 is 44.6. The van der Waals surface area contributed by atoms with Gasteiger partial charge in [0.15, 0.2) is 0 Å². The van der Waals surface area contributed by atoms with Crippen molar-refractivity contribution >= 4 is 34.1 Å². The molecule has 0 radical (unpaired) electrons. The lowest BCUT2D eigenvalue weighted by atomic mass is 9.87. The molecule has 3 aromatic carbocycles. The molecule has 2 heterocycles. The van der Waals surface area contributed by atoms with Gasteiger partial charge in [0.2, 0.25) is 5.88 Å². The molecule has 0 amide bonds. The highest BCUT2D eigenvalue weighted by Gasteiger charge is 2.30. The standard InChI is InChI=1S/C32H24F3N3O3/c1-2-27(22-4-3-5-26(17-22)41-29-14-12-25(19-36-29)32(33,34)35)31(23-11-13-28-24(16-23)18-37-38-28)21-9-6-20(7-10-21)8-15-30(39)40/h3-19H,2H2,1H3,(H,37,38)(H,39,40)/b15-8+,31-27+. The van der Waals surface area contributed by atoms with Crippen molar-refractivity contribution in [2.45, 2.75) is 19.5 Å². The van der Waals surface area contributed by atoms with Crippen LogP contribution in [0.5, 0.6) is 11.6 Å². The van der Waals surface area contributed by atoms with Crippen LogP contribution >= 0.6 is 0 Å². The predicted octanol–water partition coefficient (Wildman–Crippen LogP) is 8.24. The molecule has 9 heteroatoms. The number of pyridine rings is 1. The largest absolute Gasteiger partial charge is 0.478 e. The second kappa shape index (κ2) is 11.5. The number of carboxylic acids is 1. The number of benzene rings is 3. The summed E-state index contributed by atoms with van der Waals surface area (Å²) in [5, 5.41) is 17.0. The van der Waals surface area contributed by atoms with Gasteiger partial charge in [-0.25, -0.2) is 9.78 Å². The van der Waals surface area contributed by atoms with Gasteiger partial charge >= 0.3 is 12.1 Å². The number of aliphatic carboxylic acids is 1. The van der Waals surface area contributed by atoms with E-state index in [0.717, 1.165) is 62.6 Å². The molecule has 0 fully saturated rings. The Bertz CT molecular complexity index is 1750. The minimum atomic E-state index is -4.48. The number of H-pyrrole nitrogens is 1. The number of hydrogen-bond donors (Lipinski definition) is 2. The fraction of sp³-hybridized carbons (Fsp3) is 0.0938. The van der Waals surface area contributed by atoms with E-state index in [1.165, 1.54) is 12.1 Å². The van der Waals surface area contributed by atoms with Crippen molar-refractivity contribution in [3.8, 4) is 11.6 Å². The summed E-state index contributed by atoms with van der Waals surface area (Å²) in [4.78, 5) is 14.8. The molecule has 0 saturated carbocycles. The number of nitrogens with one attached hydrogen (secondary N) is 1. The van der Waals surface area contributed by atoms with Crippen molar-refractivity contribution in [3.05, 3.63) is 125 Å². The Balaban J connectivity index is 1.58. The Kier molecular flexibility index (Phi) is 7.69. The summed E-state index contributed by atoms with van der Waals surface area (Å²) >= 11 is 0. The summed E-state index contributed by atoms with van der Waals surface area (Å²) in [6, 6.07) is 23.1. The maximum atomic E-state index is 12.9. The van der Waals surface area contributed by atoms with Gasteiger partial charge in [0.05, 0.1) is 17.3 Å². The first-order chi connectivity index (χ1) is 19.7. The number of carbonyl (C=O) groups is 1. The summed E-state index contributed by atoms with van der Waals surface area (Å²) in [7, 11) is 0. The zero-order valence-corrected chi connectivity index (χ0v) is 21.8. The Morgan fingerprint density at radius 3 is 2.41 bits per heavy atom. The summed E-state index contributed by atoms with van der Waals surface area (Å²) in [6.45, 7) is 2.04. The lowest BCUT2D eigenvalue weighted by Crippen LogP contribution is -2.05. The van der Waals surface area contributed by atoms with Gasteiger partial charge in [-0.3, -0.25) is 5.10 Å². The first-order valence-corrected chi connectivity index (χ1v) is 12.7. The molecule has 0 unspecified atom stereocenters. The number of aromatic amines is 1. The molecule has 0 saturated heterocycles. The minimum Gasteiger partial charge on any atom is -0.478 e. The molecule has 0 aliphatic heterocycles. The number of alkyl halides is 3. The number of halogens is 3. The van der Waals surface area contributed by atoms with Crippen molar-refractivity contribution in [2.24, 2.45) is 0 Å². The van der Waals surface area contributed by atoms with E-state index in [9.17, 15) is 18.0 Å². The number of hydrogen-bond acceptors (Lipinski definition) is 4. The Morgan fingerprint density at radius 2 is 1.73 bits per heavy atom. The third-order valence-corrected chi connectivity index (χ3v) is 6.47. The van der Waals surface area contributed by atoms with E-state index in [-0.39, 0.29) is 5.88 Å². The van der Waals surface area contributed by atoms with Crippen LogP contribution in [0.2, 0.25) is 0 Å². The first kappa shape index (κ1) is 27.4. The van der Waals surface area contributed by atoms with Crippen LogP contribution < -0.4 is 4.74 Å². The Labute approximate surface area is 233 Å². The van der Waals surface area contributed by atoms with Crippen molar-refractivity contribution < 1.29 is 27.8 Å². The van der Waals surface area contributed by atoms with E-state index < -0.39 is 17.7 Å². The number of rotatable bonds is 8. The molecule has 5 aromatic rings. The molecular weight excluding hydrogens is 531 g/mol. The average molecular weight is 556 g/mol. The van der Waals surface area contributed by atoms with Gasteiger partial charge in [0, 0.05) is 23.7 Å². The third kappa shape index (κ3) is 6.36. The summed E-state index contributed by atoms with van der Waals surface area (Å²) in [5.74, 6) is -0.544. The lowest BCUT2D eigenvalue weighted by Gasteiger charge is -2.17. The van der Waals surface area contributed by atoms with Gasteiger partial charge in [-0.2, -0.15) is 18.3 Å². The molecule has 2 N–H and O–H groups in total. The van der Waals surface area contributed by atoms with E-state index in [2.05, 4.69) is 21.2 Å². The smallest absolute Gasteiger partial charge is 0.417 e. The Morgan fingerprint density at radius 1 is 0.951 bits per heavy atom. The molecule has 41 heavy (non-hydrogen) atoms. The van der Waals surface area contributed by atoms with E-state index in [1.807, 2.05) is 61.5 Å². The van der Waals surface area contributed by atoms with Crippen LogP contribution in [0.25, 0.3) is 28.1 Å². The summed E-state index contributed by atoms with van der Waals surface area (Å²) in [5.41, 5.74) is 5.53. The highest BCUT2D eigenvalue weighted by atomic mass is 19.4. The van der Waals surface area contributed by atoms with Crippen molar-refractivity contribution in [3.63, 3.8) is 0 Å². The fourth-order valence-corrected chi connectivity index (χ4v) is 4.54. The minimum absolute atomic E-state index is 0.0489. The number of ether oxygens (including phenoxy) is 1. The topological polar surface area (TPSA) is 88.1 Å². The molecule has 5 rings (SSSR count). The van der Waals surface area contributed by atoms with E-state index in [1.54, 1.807) is 12.3 Å². The van der Waals surface area contributed by atoms with Gasteiger partial charge in [-0.15, -0.1) is 0 Å². The van der Waals surface area contributed by atoms with Gasteiger partial charge in [-0.1, -0.05) is 49.4 Å². The monoisotopic (exact) mass is 555 g/mol. The first-order valence-electron chi connectivity index (χ1n) is 12.7. The zero-order chi connectivity index (χ0) is 29.0. The highest BCUT2D eigenvalue weighted by molar-refractivity contribution is 6.00. The molecule has 0 spiro atoms. The number of aromatic nitrogens is 3. The lowest BCUT2D eigenvalue weighted by molar-refractivity contribution is -0.138. The summed E-state index contributed by atoms with van der Waals surface area (Å²) in [6.07, 6.45) is 1.30.